The first kappa shape index (κ1) is 20.9. The summed E-state index contributed by atoms with van der Waals surface area (Å²) in [6.07, 6.45) is -0.182. The molecular weight excluding hydrogens is 434 g/mol. The van der Waals surface area contributed by atoms with Crippen molar-refractivity contribution in [3.8, 4) is 5.75 Å². The van der Waals surface area contributed by atoms with Crippen molar-refractivity contribution in [2.45, 2.75) is 50.1 Å². The van der Waals surface area contributed by atoms with Crippen LogP contribution in [0.5, 0.6) is 5.75 Å². The maximum Gasteiger partial charge on any atom is 0.191 e. The predicted molar refractivity (Wildman–Crippen MR) is 119 cm³/mol. The molecule has 6 heteroatoms. The monoisotopic (exact) mass is 459 g/mol. The van der Waals surface area contributed by atoms with E-state index in [0.717, 1.165) is 27.0 Å². The Bertz CT molecular complexity index is 932. The van der Waals surface area contributed by atoms with Crippen LogP contribution in [0.15, 0.2) is 58.2 Å². The van der Waals surface area contributed by atoms with Gasteiger partial charge in [0.25, 0.3) is 0 Å². The molecule has 2 aromatic carbocycles. The third-order valence-corrected chi connectivity index (χ3v) is 6.11. The molecule has 1 atom stereocenters. The van der Waals surface area contributed by atoms with Gasteiger partial charge in [0, 0.05) is 17.3 Å². The van der Waals surface area contributed by atoms with Gasteiger partial charge < -0.3 is 9.30 Å². The molecule has 0 bridgehead atoms. The molecule has 0 aliphatic heterocycles. The Morgan fingerprint density at radius 1 is 1.11 bits per heavy atom. The Labute approximate surface area is 179 Å². The average Bonchev–Trinajstić information content (AvgIpc) is 3.00. The van der Waals surface area contributed by atoms with Crippen molar-refractivity contribution < 1.29 is 4.74 Å². The van der Waals surface area contributed by atoms with Crippen LogP contribution in [0.4, 0.5) is 0 Å². The van der Waals surface area contributed by atoms with Crippen LogP contribution in [-0.2, 0) is 18.2 Å². The van der Waals surface area contributed by atoms with Gasteiger partial charge in [-0.25, -0.2) is 0 Å². The molecule has 0 saturated heterocycles. The zero-order valence-electron chi connectivity index (χ0n) is 16.9. The van der Waals surface area contributed by atoms with Gasteiger partial charge in [0.15, 0.2) is 17.1 Å². The van der Waals surface area contributed by atoms with Crippen LogP contribution in [0.1, 0.15) is 50.8 Å². The number of hydrogen-bond donors (Lipinski definition) is 0. The molecule has 28 heavy (non-hydrogen) atoms. The lowest BCUT2D eigenvalue weighted by Gasteiger charge is -2.20. The quantitative estimate of drug-likeness (QED) is 0.405. The maximum absolute atomic E-state index is 6.10. The largest absolute Gasteiger partial charge is 0.483 e. The number of benzene rings is 2. The number of thioether (sulfide) groups is 1. The smallest absolute Gasteiger partial charge is 0.191 e. The Kier molecular flexibility index (Phi) is 6.50. The van der Waals surface area contributed by atoms with E-state index in [-0.39, 0.29) is 11.5 Å². The molecule has 0 aliphatic rings. The molecule has 0 amide bonds. The highest BCUT2D eigenvalue weighted by Gasteiger charge is 2.18. The lowest BCUT2D eigenvalue weighted by molar-refractivity contribution is 0.211. The first-order valence-electron chi connectivity index (χ1n) is 9.28. The van der Waals surface area contributed by atoms with Crippen LogP contribution in [-0.4, -0.2) is 14.8 Å². The molecule has 148 valence electrons. The van der Waals surface area contributed by atoms with Gasteiger partial charge >= 0.3 is 0 Å². The van der Waals surface area contributed by atoms with Crippen LogP contribution >= 0.6 is 27.7 Å². The van der Waals surface area contributed by atoms with Gasteiger partial charge in [-0.1, -0.05) is 72.7 Å². The van der Waals surface area contributed by atoms with Gasteiger partial charge in [0.2, 0.25) is 0 Å². The van der Waals surface area contributed by atoms with E-state index in [1.165, 1.54) is 11.1 Å². The zero-order valence-corrected chi connectivity index (χ0v) is 19.3. The number of rotatable bonds is 6. The summed E-state index contributed by atoms with van der Waals surface area (Å²) in [4.78, 5) is 0. The van der Waals surface area contributed by atoms with E-state index in [2.05, 4.69) is 71.2 Å². The summed E-state index contributed by atoms with van der Waals surface area (Å²) in [7, 11) is 1.99. The second-order valence-electron chi connectivity index (χ2n) is 7.85. The highest BCUT2D eigenvalue weighted by atomic mass is 79.9. The fourth-order valence-electron chi connectivity index (χ4n) is 2.87. The van der Waals surface area contributed by atoms with E-state index in [9.17, 15) is 0 Å². The summed E-state index contributed by atoms with van der Waals surface area (Å²) in [5.74, 6) is 2.50. The number of hydrogen-bond acceptors (Lipinski definition) is 4. The second kappa shape index (κ2) is 8.70. The van der Waals surface area contributed by atoms with E-state index < -0.39 is 0 Å². The fourth-order valence-corrected chi connectivity index (χ4v) is 4.18. The fraction of sp³-hybridized carbons (Fsp3) is 0.364. The maximum atomic E-state index is 6.10. The van der Waals surface area contributed by atoms with E-state index in [0.29, 0.717) is 0 Å². The van der Waals surface area contributed by atoms with Crippen LogP contribution < -0.4 is 4.74 Å². The minimum Gasteiger partial charge on any atom is -0.483 e. The Balaban J connectivity index is 1.65. The Morgan fingerprint density at radius 2 is 1.82 bits per heavy atom. The van der Waals surface area contributed by atoms with Crippen molar-refractivity contribution in [2.75, 3.05) is 0 Å². The molecule has 0 saturated carbocycles. The predicted octanol–water partition coefficient (Wildman–Crippen LogP) is 6.31. The molecule has 0 N–H and O–H groups in total. The molecule has 3 rings (SSSR count). The molecule has 4 nitrogen and oxygen atoms in total. The summed E-state index contributed by atoms with van der Waals surface area (Å²) in [5, 5.41) is 9.59. The Morgan fingerprint density at radius 3 is 2.46 bits per heavy atom. The van der Waals surface area contributed by atoms with Crippen LogP contribution in [0.3, 0.4) is 0 Å². The molecule has 1 aromatic heterocycles. The van der Waals surface area contributed by atoms with Gasteiger partial charge in [0.05, 0.1) is 0 Å². The van der Waals surface area contributed by atoms with Gasteiger partial charge in [-0.15, -0.1) is 10.2 Å². The number of ether oxygens (including phenoxy) is 1. The zero-order chi connectivity index (χ0) is 20.3. The topological polar surface area (TPSA) is 39.9 Å². The van der Waals surface area contributed by atoms with Crippen molar-refractivity contribution >= 4 is 27.7 Å². The highest BCUT2D eigenvalue weighted by molar-refractivity contribution is 9.10. The molecule has 0 aliphatic carbocycles. The molecular formula is C22H26BrN3OS. The number of nitrogens with zero attached hydrogens (tertiary/aromatic N) is 3. The van der Waals surface area contributed by atoms with Crippen molar-refractivity contribution in [2.24, 2.45) is 7.05 Å². The van der Waals surface area contributed by atoms with Crippen molar-refractivity contribution in [1.29, 1.82) is 0 Å². The number of halogens is 1. The normalized spacial score (nSPS) is 12.8. The van der Waals surface area contributed by atoms with E-state index >= 15 is 0 Å². The van der Waals surface area contributed by atoms with E-state index in [1.54, 1.807) is 11.8 Å². The van der Waals surface area contributed by atoms with Gasteiger partial charge in [-0.05, 0) is 47.7 Å². The minimum atomic E-state index is -0.182. The molecule has 1 unspecified atom stereocenters. The summed E-state index contributed by atoms with van der Waals surface area (Å²) in [6.45, 7) is 8.62. The highest BCUT2D eigenvalue weighted by Crippen LogP contribution is 2.28. The molecule has 3 aromatic rings. The van der Waals surface area contributed by atoms with E-state index in [4.69, 9.17) is 4.74 Å². The standard InChI is InChI=1S/C22H26BrN3OS/c1-15(27-19-11-9-17(10-12-19)22(2,3)4)20-24-25-21(26(20)5)28-14-16-7-6-8-18(23)13-16/h6-13,15H,14H2,1-5H3. The van der Waals surface area contributed by atoms with E-state index in [1.807, 2.05) is 42.8 Å². The lowest BCUT2D eigenvalue weighted by atomic mass is 9.87. The first-order chi connectivity index (χ1) is 13.2. The summed E-state index contributed by atoms with van der Waals surface area (Å²) >= 11 is 5.18. The van der Waals surface area contributed by atoms with Crippen LogP contribution in [0, 0.1) is 0 Å². The summed E-state index contributed by atoms with van der Waals surface area (Å²) in [6, 6.07) is 16.6. The summed E-state index contributed by atoms with van der Waals surface area (Å²) in [5.41, 5.74) is 2.67. The molecule has 0 radical (unpaired) electrons. The molecule has 1 heterocycles. The third-order valence-electron chi connectivity index (χ3n) is 4.52. The van der Waals surface area contributed by atoms with Crippen molar-refractivity contribution in [1.82, 2.24) is 14.8 Å². The number of aromatic nitrogens is 3. The Hall–Kier alpha value is -1.79. The summed E-state index contributed by atoms with van der Waals surface area (Å²) < 4.78 is 9.20. The van der Waals surface area contributed by atoms with Crippen molar-refractivity contribution in [3.05, 3.63) is 70.0 Å². The van der Waals surface area contributed by atoms with Gasteiger partial charge in [0.1, 0.15) is 5.75 Å². The van der Waals surface area contributed by atoms with Crippen LogP contribution in [0.25, 0.3) is 0 Å². The first-order valence-corrected chi connectivity index (χ1v) is 11.1. The van der Waals surface area contributed by atoms with Crippen LogP contribution in [0.2, 0.25) is 0 Å². The lowest BCUT2D eigenvalue weighted by Crippen LogP contribution is -2.12. The van der Waals surface area contributed by atoms with Gasteiger partial charge in [-0.2, -0.15) is 0 Å². The molecule has 0 spiro atoms. The van der Waals surface area contributed by atoms with Gasteiger partial charge in [-0.3, -0.25) is 0 Å². The van der Waals surface area contributed by atoms with Crippen molar-refractivity contribution in [3.63, 3.8) is 0 Å². The SMILES string of the molecule is CC(Oc1ccc(C(C)(C)C)cc1)c1nnc(SCc2cccc(Br)c2)n1C. The third kappa shape index (κ3) is 5.17. The average molecular weight is 460 g/mol. The second-order valence-corrected chi connectivity index (χ2v) is 9.71. The molecule has 0 fully saturated rings. The minimum absolute atomic E-state index is 0.133.